The van der Waals surface area contributed by atoms with Crippen molar-refractivity contribution in [2.75, 3.05) is 19.0 Å². The second-order valence-corrected chi connectivity index (χ2v) is 6.75. The van der Waals surface area contributed by atoms with Crippen LogP contribution in [0.1, 0.15) is 11.3 Å². The standard InChI is InChI=1S/C19H17F3N6O2/c1-11-15(17(29)26(4)18(30)27(11)19(20,21)22)16-14(25(2)3)10-24-28(16)13-7-5-12(9-23)6-8-13/h5-8,10H,1-4H3. The Morgan fingerprint density at radius 3 is 2.23 bits per heavy atom. The quantitative estimate of drug-likeness (QED) is 0.650. The van der Waals surface area contributed by atoms with Gasteiger partial charge in [0.05, 0.1) is 34.8 Å². The molecule has 0 amide bonds. The van der Waals surface area contributed by atoms with Gasteiger partial charge in [-0.2, -0.15) is 10.4 Å². The highest BCUT2D eigenvalue weighted by Crippen LogP contribution is 2.33. The van der Waals surface area contributed by atoms with E-state index in [2.05, 4.69) is 5.10 Å². The average molecular weight is 418 g/mol. The van der Waals surface area contributed by atoms with Crippen molar-refractivity contribution in [3.8, 4) is 23.0 Å². The fraction of sp³-hybridized carbons (Fsp3) is 0.263. The predicted molar refractivity (Wildman–Crippen MR) is 104 cm³/mol. The third-order valence-corrected chi connectivity index (χ3v) is 4.66. The maximum Gasteiger partial charge on any atom is 0.492 e. The average Bonchev–Trinajstić information content (AvgIpc) is 3.10. The van der Waals surface area contributed by atoms with E-state index < -0.39 is 23.2 Å². The van der Waals surface area contributed by atoms with Crippen LogP contribution in [0.15, 0.2) is 40.1 Å². The van der Waals surface area contributed by atoms with Crippen molar-refractivity contribution in [2.45, 2.75) is 13.2 Å². The summed E-state index contributed by atoms with van der Waals surface area (Å²) in [5.74, 6) is 0. The number of anilines is 1. The van der Waals surface area contributed by atoms with E-state index in [1.807, 2.05) is 6.07 Å². The van der Waals surface area contributed by atoms with Crippen LogP contribution in [0.2, 0.25) is 0 Å². The van der Waals surface area contributed by atoms with Crippen molar-refractivity contribution in [3.05, 3.63) is 62.6 Å². The molecule has 30 heavy (non-hydrogen) atoms. The van der Waals surface area contributed by atoms with E-state index in [1.165, 1.54) is 23.0 Å². The van der Waals surface area contributed by atoms with Crippen LogP contribution in [0, 0.1) is 18.3 Å². The summed E-state index contributed by atoms with van der Waals surface area (Å²) in [5.41, 5.74) is -1.91. The van der Waals surface area contributed by atoms with Crippen LogP contribution < -0.4 is 16.1 Å². The van der Waals surface area contributed by atoms with E-state index in [9.17, 15) is 22.8 Å². The maximum absolute atomic E-state index is 13.6. The van der Waals surface area contributed by atoms with E-state index in [1.54, 1.807) is 31.1 Å². The van der Waals surface area contributed by atoms with E-state index in [-0.39, 0.29) is 15.8 Å². The van der Waals surface area contributed by atoms with Crippen LogP contribution in [0.25, 0.3) is 16.9 Å². The van der Waals surface area contributed by atoms with Crippen LogP contribution in [0.4, 0.5) is 18.9 Å². The zero-order chi connectivity index (χ0) is 22.4. The second-order valence-electron chi connectivity index (χ2n) is 6.75. The summed E-state index contributed by atoms with van der Waals surface area (Å²) in [5, 5.41) is 13.2. The number of nitrogens with zero attached hydrogens (tertiary/aromatic N) is 6. The Bertz CT molecular complexity index is 1270. The molecule has 2 heterocycles. The van der Waals surface area contributed by atoms with Gasteiger partial charge in [0, 0.05) is 26.8 Å². The molecule has 2 aromatic heterocycles. The largest absolute Gasteiger partial charge is 0.492 e. The Kier molecular flexibility index (Phi) is 5.03. The van der Waals surface area contributed by atoms with Crippen LogP contribution >= 0.6 is 0 Å². The molecule has 0 aliphatic rings. The minimum atomic E-state index is -5.01. The van der Waals surface area contributed by atoms with Crippen LogP contribution in [0.3, 0.4) is 0 Å². The monoisotopic (exact) mass is 418 g/mol. The lowest BCUT2D eigenvalue weighted by atomic mass is 10.1. The van der Waals surface area contributed by atoms with Gasteiger partial charge in [-0.15, -0.1) is 13.2 Å². The second kappa shape index (κ2) is 7.22. The van der Waals surface area contributed by atoms with E-state index in [0.717, 1.165) is 14.0 Å². The molecule has 0 aliphatic carbocycles. The highest BCUT2D eigenvalue weighted by molar-refractivity contribution is 5.77. The van der Waals surface area contributed by atoms with Crippen molar-refractivity contribution < 1.29 is 13.2 Å². The Labute approximate surface area is 168 Å². The molecule has 0 aliphatic heterocycles. The fourth-order valence-electron chi connectivity index (χ4n) is 3.16. The molecule has 1 aromatic carbocycles. The van der Waals surface area contributed by atoms with Gasteiger partial charge in [0.2, 0.25) is 0 Å². The summed E-state index contributed by atoms with van der Waals surface area (Å²) in [6.45, 7) is 1.07. The topological polar surface area (TPSA) is 88.8 Å². The molecule has 3 rings (SSSR count). The van der Waals surface area contributed by atoms with E-state index >= 15 is 0 Å². The van der Waals surface area contributed by atoms with Gasteiger partial charge in [0.25, 0.3) is 5.56 Å². The number of aromatic nitrogens is 4. The Hall–Kier alpha value is -3.81. The van der Waals surface area contributed by atoms with Gasteiger partial charge in [0.15, 0.2) is 0 Å². The maximum atomic E-state index is 13.6. The first-order chi connectivity index (χ1) is 14.0. The van der Waals surface area contributed by atoms with Crippen molar-refractivity contribution in [1.82, 2.24) is 18.9 Å². The van der Waals surface area contributed by atoms with Gasteiger partial charge in [0.1, 0.15) is 5.69 Å². The molecule has 11 heteroatoms. The molecule has 0 saturated heterocycles. The van der Waals surface area contributed by atoms with Gasteiger partial charge in [-0.3, -0.25) is 9.36 Å². The number of hydrogen-bond acceptors (Lipinski definition) is 5. The molecule has 0 saturated carbocycles. The number of nitriles is 1. The smallest absolute Gasteiger partial charge is 0.375 e. The summed E-state index contributed by atoms with van der Waals surface area (Å²) >= 11 is 0. The number of benzene rings is 1. The van der Waals surface area contributed by atoms with Crippen molar-refractivity contribution in [1.29, 1.82) is 5.26 Å². The van der Waals surface area contributed by atoms with E-state index in [4.69, 9.17) is 5.26 Å². The summed E-state index contributed by atoms with van der Waals surface area (Å²) in [6, 6.07) is 8.16. The van der Waals surface area contributed by atoms with Gasteiger partial charge < -0.3 is 4.90 Å². The minimum Gasteiger partial charge on any atom is -0.375 e. The SMILES string of the molecule is Cc1c(-c2c(N(C)C)cnn2-c2ccc(C#N)cc2)c(=O)n(C)c(=O)n1C(F)(F)F. The Morgan fingerprint density at radius 2 is 1.73 bits per heavy atom. The van der Waals surface area contributed by atoms with Crippen LogP contribution in [0.5, 0.6) is 0 Å². The van der Waals surface area contributed by atoms with Gasteiger partial charge in [-0.05, 0) is 31.2 Å². The van der Waals surface area contributed by atoms with E-state index in [0.29, 0.717) is 21.5 Å². The third kappa shape index (κ3) is 3.26. The summed E-state index contributed by atoms with van der Waals surface area (Å²) in [6.07, 6.45) is -3.60. The predicted octanol–water partition coefficient (Wildman–Crippen LogP) is 2.12. The van der Waals surface area contributed by atoms with Crippen molar-refractivity contribution in [3.63, 3.8) is 0 Å². The lowest BCUT2D eigenvalue weighted by Crippen LogP contribution is -2.45. The molecular weight excluding hydrogens is 401 g/mol. The zero-order valence-electron chi connectivity index (χ0n) is 16.5. The van der Waals surface area contributed by atoms with Gasteiger partial charge >= 0.3 is 12.0 Å². The molecule has 0 fully saturated rings. The first-order valence-corrected chi connectivity index (χ1v) is 8.65. The molecule has 0 spiro atoms. The Morgan fingerprint density at radius 1 is 1.13 bits per heavy atom. The first kappa shape index (κ1) is 20.9. The molecule has 8 nitrogen and oxygen atoms in total. The zero-order valence-corrected chi connectivity index (χ0v) is 16.5. The van der Waals surface area contributed by atoms with Crippen LogP contribution in [-0.2, 0) is 13.3 Å². The molecule has 0 unspecified atom stereocenters. The molecule has 156 valence electrons. The van der Waals surface area contributed by atoms with Crippen molar-refractivity contribution >= 4 is 5.69 Å². The van der Waals surface area contributed by atoms with Crippen LogP contribution in [-0.4, -0.2) is 33.0 Å². The lowest BCUT2D eigenvalue weighted by Gasteiger charge is -2.20. The summed E-state index contributed by atoms with van der Waals surface area (Å²) < 4.78 is 42.2. The third-order valence-electron chi connectivity index (χ3n) is 4.66. The highest BCUT2D eigenvalue weighted by Gasteiger charge is 2.37. The summed E-state index contributed by atoms with van der Waals surface area (Å²) in [7, 11) is 4.31. The summed E-state index contributed by atoms with van der Waals surface area (Å²) in [4.78, 5) is 26.7. The molecule has 0 N–H and O–H groups in total. The molecule has 0 atom stereocenters. The molecule has 3 aromatic rings. The minimum absolute atomic E-state index is 0.0980. The highest BCUT2D eigenvalue weighted by atomic mass is 19.4. The van der Waals surface area contributed by atoms with Crippen molar-refractivity contribution in [2.24, 2.45) is 7.05 Å². The fourth-order valence-corrected chi connectivity index (χ4v) is 3.16. The number of rotatable bonds is 3. The normalized spacial score (nSPS) is 11.4. The molecule has 0 bridgehead atoms. The Balaban J connectivity index is 2.45. The van der Waals surface area contributed by atoms with Gasteiger partial charge in [-0.1, -0.05) is 0 Å². The lowest BCUT2D eigenvalue weighted by molar-refractivity contribution is -0.208. The number of hydrogen-bond donors (Lipinski definition) is 0. The number of halogens is 3. The molecular formula is C19H17F3N6O2. The molecule has 0 radical (unpaired) electrons. The van der Waals surface area contributed by atoms with Gasteiger partial charge in [-0.25, -0.2) is 14.0 Å². The number of alkyl halides is 3. The first-order valence-electron chi connectivity index (χ1n) is 8.65.